The van der Waals surface area contributed by atoms with E-state index < -0.39 is 0 Å². The molecule has 1 saturated carbocycles. The molecule has 0 atom stereocenters. The highest BCUT2D eigenvalue weighted by Crippen LogP contribution is 2.32. The number of nitrogens with zero attached hydrogens (tertiary/aromatic N) is 3. The molecule has 2 N–H and O–H groups in total. The van der Waals surface area contributed by atoms with Gasteiger partial charge in [-0.05, 0) is 45.6 Å². The summed E-state index contributed by atoms with van der Waals surface area (Å²) in [6, 6.07) is 8.05. The largest absolute Gasteiger partial charge is 0.367 e. The van der Waals surface area contributed by atoms with Gasteiger partial charge in [0.25, 0.3) is 0 Å². The van der Waals surface area contributed by atoms with E-state index in [2.05, 4.69) is 52.4 Å². The molecule has 2 aliphatic rings. The standard InChI is InChI=1S/C22H37N5O/c1-4-26-14-16-27(17-15-26)20-11-7-6-10-19(20)24-21(28)23-18-22(25(2)3)12-8-5-9-13-22/h6-7,10-11H,4-5,8-9,12-18H2,1-3H3,(H2,23,24,28). The predicted molar refractivity (Wildman–Crippen MR) is 117 cm³/mol. The molecule has 28 heavy (non-hydrogen) atoms. The van der Waals surface area contributed by atoms with Crippen molar-refractivity contribution in [2.45, 2.75) is 44.6 Å². The van der Waals surface area contributed by atoms with Gasteiger partial charge in [-0.2, -0.15) is 0 Å². The molecule has 1 aromatic carbocycles. The van der Waals surface area contributed by atoms with Crippen LogP contribution in [0.5, 0.6) is 0 Å². The molecule has 1 heterocycles. The third kappa shape index (κ3) is 4.97. The molecule has 6 heteroatoms. The molecule has 2 amide bonds. The molecule has 0 spiro atoms. The summed E-state index contributed by atoms with van der Waals surface area (Å²) in [5.74, 6) is 0. The number of carbonyl (C=O) groups is 1. The zero-order chi connectivity index (χ0) is 20.0. The number of rotatable bonds is 6. The number of nitrogens with one attached hydrogen (secondary N) is 2. The predicted octanol–water partition coefficient (Wildman–Crippen LogP) is 3.21. The third-order valence-corrected chi connectivity index (χ3v) is 6.62. The number of hydrogen-bond donors (Lipinski definition) is 2. The Kier molecular flexibility index (Phi) is 7.18. The molecule has 0 aromatic heterocycles. The van der Waals surface area contributed by atoms with Gasteiger partial charge in [0.1, 0.15) is 0 Å². The van der Waals surface area contributed by atoms with Crippen molar-refractivity contribution in [2.24, 2.45) is 0 Å². The summed E-state index contributed by atoms with van der Waals surface area (Å²) >= 11 is 0. The molecule has 1 aliphatic heterocycles. The Morgan fingerprint density at radius 2 is 1.75 bits per heavy atom. The Labute approximate surface area is 170 Å². The van der Waals surface area contributed by atoms with Crippen LogP contribution in [-0.2, 0) is 0 Å². The van der Waals surface area contributed by atoms with Crippen molar-refractivity contribution < 1.29 is 4.79 Å². The topological polar surface area (TPSA) is 50.9 Å². The SMILES string of the molecule is CCN1CCN(c2ccccc2NC(=O)NCC2(N(C)C)CCCCC2)CC1. The lowest BCUT2D eigenvalue weighted by Crippen LogP contribution is -2.54. The van der Waals surface area contributed by atoms with Gasteiger partial charge in [0, 0.05) is 38.3 Å². The first kappa shape index (κ1) is 20.9. The summed E-state index contributed by atoms with van der Waals surface area (Å²) in [6.07, 6.45) is 6.10. The Hall–Kier alpha value is -1.79. The van der Waals surface area contributed by atoms with Gasteiger partial charge in [0.15, 0.2) is 0 Å². The molecule has 1 aliphatic carbocycles. The van der Waals surface area contributed by atoms with Gasteiger partial charge in [-0.1, -0.05) is 38.3 Å². The van der Waals surface area contributed by atoms with Crippen molar-refractivity contribution in [3.05, 3.63) is 24.3 Å². The lowest BCUT2D eigenvalue weighted by molar-refractivity contribution is 0.101. The van der Waals surface area contributed by atoms with E-state index in [1.54, 1.807) is 0 Å². The zero-order valence-electron chi connectivity index (χ0n) is 17.8. The summed E-state index contributed by atoms with van der Waals surface area (Å²) in [4.78, 5) is 19.8. The normalized spacial score (nSPS) is 20.2. The van der Waals surface area contributed by atoms with Crippen molar-refractivity contribution in [3.8, 4) is 0 Å². The first-order chi connectivity index (χ1) is 13.5. The Morgan fingerprint density at radius 1 is 1.07 bits per heavy atom. The van der Waals surface area contributed by atoms with Crippen molar-refractivity contribution in [1.29, 1.82) is 0 Å². The van der Waals surface area contributed by atoms with E-state index in [0.29, 0.717) is 6.54 Å². The summed E-state index contributed by atoms with van der Waals surface area (Å²) in [5, 5.41) is 6.26. The quantitative estimate of drug-likeness (QED) is 0.787. The smallest absolute Gasteiger partial charge is 0.319 e. The van der Waals surface area contributed by atoms with Crippen molar-refractivity contribution >= 4 is 17.4 Å². The lowest BCUT2D eigenvalue weighted by atomic mass is 9.80. The van der Waals surface area contributed by atoms with Crippen LogP contribution in [0.4, 0.5) is 16.2 Å². The number of hydrogen-bond acceptors (Lipinski definition) is 4. The fourth-order valence-electron chi connectivity index (χ4n) is 4.56. The van der Waals surface area contributed by atoms with Crippen LogP contribution in [-0.4, -0.2) is 74.7 Å². The summed E-state index contributed by atoms with van der Waals surface area (Å²) < 4.78 is 0. The van der Waals surface area contributed by atoms with Gasteiger partial charge < -0.3 is 25.3 Å². The maximum atomic E-state index is 12.7. The average molecular weight is 388 g/mol. The van der Waals surface area contributed by atoms with Crippen molar-refractivity contribution in [3.63, 3.8) is 0 Å². The number of likely N-dealkylation sites (N-methyl/N-ethyl adjacent to an activating group) is 2. The molecule has 3 rings (SSSR count). The molecule has 156 valence electrons. The van der Waals surface area contributed by atoms with Crippen LogP contribution in [0.1, 0.15) is 39.0 Å². The van der Waals surface area contributed by atoms with Crippen LogP contribution in [0.15, 0.2) is 24.3 Å². The van der Waals surface area contributed by atoms with E-state index in [1.807, 2.05) is 18.2 Å². The first-order valence-electron chi connectivity index (χ1n) is 10.8. The second kappa shape index (κ2) is 9.61. The molecule has 0 bridgehead atoms. The van der Waals surface area contributed by atoms with Crippen LogP contribution in [0.25, 0.3) is 0 Å². The summed E-state index contributed by atoms with van der Waals surface area (Å²) in [6.45, 7) is 8.15. The lowest BCUT2D eigenvalue weighted by Gasteiger charge is -2.43. The van der Waals surface area contributed by atoms with Gasteiger partial charge in [-0.25, -0.2) is 4.79 Å². The van der Waals surface area contributed by atoms with Crippen LogP contribution in [0.3, 0.4) is 0 Å². The number of benzene rings is 1. The number of carbonyl (C=O) groups excluding carboxylic acids is 1. The Bertz CT molecular complexity index is 634. The van der Waals surface area contributed by atoms with E-state index in [-0.39, 0.29) is 11.6 Å². The van der Waals surface area contributed by atoms with E-state index in [0.717, 1.165) is 56.9 Å². The van der Waals surface area contributed by atoms with Crippen LogP contribution in [0.2, 0.25) is 0 Å². The fraction of sp³-hybridized carbons (Fsp3) is 0.682. The highest BCUT2D eigenvalue weighted by atomic mass is 16.2. The maximum absolute atomic E-state index is 12.7. The van der Waals surface area contributed by atoms with Gasteiger partial charge in [-0.3, -0.25) is 0 Å². The highest BCUT2D eigenvalue weighted by molar-refractivity contribution is 5.93. The zero-order valence-corrected chi connectivity index (χ0v) is 17.8. The van der Waals surface area contributed by atoms with Gasteiger partial charge in [-0.15, -0.1) is 0 Å². The minimum Gasteiger partial charge on any atom is -0.367 e. The van der Waals surface area contributed by atoms with Gasteiger partial charge in [0.05, 0.1) is 11.4 Å². The van der Waals surface area contributed by atoms with E-state index in [4.69, 9.17) is 0 Å². The molecule has 1 aromatic rings. The minimum absolute atomic E-state index is 0.0889. The molecular weight excluding hydrogens is 350 g/mol. The van der Waals surface area contributed by atoms with E-state index in [9.17, 15) is 4.79 Å². The number of para-hydroxylation sites is 2. The summed E-state index contributed by atoms with van der Waals surface area (Å²) in [5.41, 5.74) is 2.10. The van der Waals surface area contributed by atoms with Gasteiger partial charge in [0.2, 0.25) is 0 Å². The van der Waals surface area contributed by atoms with Crippen LogP contribution >= 0.6 is 0 Å². The third-order valence-electron chi connectivity index (χ3n) is 6.62. The second-order valence-corrected chi connectivity index (χ2v) is 8.43. The fourth-order valence-corrected chi connectivity index (χ4v) is 4.56. The molecule has 6 nitrogen and oxygen atoms in total. The monoisotopic (exact) mass is 387 g/mol. The molecule has 1 saturated heterocycles. The molecule has 0 radical (unpaired) electrons. The molecular formula is C22H37N5O. The van der Waals surface area contributed by atoms with Crippen molar-refractivity contribution in [2.75, 3.05) is 63.6 Å². The number of amides is 2. The minimum atomic E-state index is -0.105. The molecule has 0 unspecified atom stereocenters. The Balaban J connectivity index is 1.60. The number of urea groups is 1. The van der Waals surface area contributed by atoms with Gasteiger partial charge >= 0.3 is 6.03 Å². The number of piperazine rings is 1. The Morgan fingerprint density at radius 3 is 2.39 bits per heavy atom. The molecule has 2 fully saturated rings. The first-order valence-corrected chi connectivity index (χ1v) is 10.8. The van der Waals surface area contributed by atoms with Crippen LogP contribution < -0.4 is 15.5 Å². The highest BCUT2D eigenvalue weighted by Gasteiger charge is 2.34. The van der Waals surface area contributed by atoms with E-state index >= 15 is 0 Å². The average Bonchev–Trinajstić information content (AvgIpc) is 2.73. The number of anilines is 2. The maximum Gasteiger partial charge on any atom is 0.319 e. The summed E-state index contributed by atoms with van der Waals surface area (Å²) in [7, 11) is 4.27. The van der Waals surface area contributed by atoms with E-state index in [1.165, 1.54) is 19.3 Å². The second-order valence-electron chi connectivity index (χ2n) is 8.43. The van der Waals surface area contributed by atoms with Crippen LogP contribution in [0, 0.1) is 0 Å². The van der Waals surface area contributed by atoms with Crippen molar-refractivity contribution in [1.82, 2.24) is 15.1 Å².